The molecule has 0 atom stereocenters. The Kier molecular flexibility index (Phi) is 5.65. The quantitative estimate of drug-likeness (QED) is 0.751. The van der Waals surface area contributed by atoms with Gasteiger partial charge in [-0.25, -0.2) is 0 Å². The van der Waals surface area contributed by atoms with Gasteiger partial charge in [-0.05, 0) is 25.0 Å². The van der Waals surface area contributed by atoms with Gasteiger partial charge in [0.1, 0.15) is 0 Å². The zero-order chi connectivity index (χ0) is 17.6. The molecule has 3 rings (SSSR count). The van der Waals surface area contributed by atoms with E-state index in [2.05, 4.69) is 15.5 Å². The molecule has 1 heterocycles. The average molecular weight is 344 g/mol. The van der Waals surface area contributed by atoms with Gasteiger partial charge in [0.25, 0.3) is 5.91 Å². The molecule has 0 radical (unpaired) electrons. The summed E-state index contributed by atoms with van der Waals surface area (Å²) in [7, 11) is 0. The van der Waals surface area contributed by atoms with E-state index in [-0.39, 0.29) is 24.3 Å². The summed E-state index contributed by atoms with van der Waals surface area (Å²) in [5.41, 5.74) is 0.543. The Bertz CT molecular complexity index is 622. The molecule has 1 aliphatic carbocycles. The minimum Gasteiger partial charge on any atom is -0.352 e. The Morgan fingerprint density at radius 3 is 2.32 bits per heavy atom. The minimum absolute atomic E-state index is 0.00407. The smallest absolute Gasteiger partial charge is 0.251 e. The van der Waals surface area contributed by atoms with Crippen molar-refractivity contribution in [2.75, 3.05) is 39.3 Å². The number of amides is 3. The van der Waals surface area contributed by atoms with Crippen LogP contribution in [0.3, 0.4) is 0 Å². The lowest BCUT2D eigenvalue weighted by molar-refractivity contribution is -0.132. The van der Waals surface area contributed by atoms with E-state index in [1.807, 2.05) is 6.07 Å². The van der Waals surface area contributed by atoms with E-state index >= 15 is 0 Å². The molecule has 1 aliphatic heterocycles. The van der Waals surface area contributed by atoms with E-state index in [0.717, 1.165) is 12.8 Å². The van der Waals surface area contributed by atoms with Gasteiger partial charge in [-0.15, -0.1) is 0 Å². The van der Waals surface area contributed by atoms with Crippen molar-refractivity contribution in [2.24, 2.45) is 0 Å². The molecule has 7 nitrogen and oxygen atoms in total. The Hall–Kier alpha value is -2.41. The van der Waals surface area contributed by atoms with Crippen LogP contribution < -0.4 is 10.6 Å². The molecule has 1 saturated carbocycles. The first-order chi connectivity index (χ1) is 12.1. The van der Waals surface area contributed by atoms with Gasteiger partial charge in [0.2, 0.25) is 11.8 Å². The van der Waals surface area contributed by atoms with Crippen LogP contribution in [-0.4, -0.2) is 72.8 Å². The zero-order valence-corrected chi connectivity index (χ0v) is 14.2. The molecule has 1 aromatic carbocycles. The molecular weight excluding hydrogens is 320 g/mol. The zero-order valence-electron chi connectivity index (χ0n) is 14.2. The van der Waals surface area contributed by atoms with E-state index < -0.39 is 0 Å². The number of nitrogens with one attached hydrogen (secondary N) is 2. The highest BCUT2D eigenvalue weighted by Crippen LogP contribution is 2.18. The molecule has 134 valence electrons. The molecule has 3 amide bonds. The molecule has 2 N–H and O–H groups in total. The van der Waals surface area contributed by atoms with Crippen molar-refractivity contribution in [3.8, 4) is 0 Å². The van der Waals surface area contributed by atoms with Crippen LogP contribution in [0.15, 0.2) is 30.3 Å². The van der Waals surface area contributed by atoms with Crippen LogP contribution in [0.5, 0.6) is 0 Å². The molecule has 0 unspecified atom stereocenters. The lowest BCUT2D eigenvalue weighted by Gasteiger charge is -2.34. The highest BCUT2D eigenvalue weighted by Gasteiger charge is 2.26. The fourth-order valence-electron chi connectivity index (χ4n) is 2.82. The van der Waals surface area contributed by atoms with Crippen LogP contribution in [0.4, 0.5) is 0 Å². The van der Waals surface area contributed by atoms with Crippen LogP contribution >= 0.6 is 0 Å². The van der Waals surface area contributed by atoms with Gasteiger partial charge in [-0.3, -0.25) is 19.3 Å². The summed E-state index contributed by atoms with van der Waals surface area (Å²) in [6, 6.07) is 9.22. The maximum atomic E-state index is 12.2. The summed E-state index contributed by atoms with van der Waals surface area (Å²) in [6.07, 6.45) is 2.17. The van der Waals surface area contributed by atoms with Gasteiger partial charge in [-0.1, -0.05) is 18.2 Å². The van der Waals surface area contributed by atoms with Crippen molar-refractivity contribution < 1.29 is 14.4 Å². The number of benzene rings is 1. The van der Waals surface area contributed by atoms with Gasteiger partial charge < -0.3 is 15.5 Å². The summed E-state index contributed by atoms with van der Waals surface area (Å²) in [4.78, 5) is 39.8. The van der Waals surface area contributed by atoms with Crippen LogP contribution in [0, 0.1) is 0 Å². The molecule has 0 aromatic heterocycles. The summed E-state index contributed by atoms with van der Waals surface area (Å²) in [6.45, 7) is 2.90. The average Bonchev–Trinajstić information content (AvgIpc) is 3.44. The van der Waals surface area contributed by atoms with Crippen molar-refractivity contribution in [3.05, 3.63) is 35.9 Å². The lowest BCUT2D eigenvalue weighted by atomic mass is 10.2. The third-order valence-corrected chi connectivity index (χ3v) is 4.47. The van der Waals surface area contributed by atoms with Crippen LogP contribution in [0.2, 0.25) is 0 Å². The van der Waals surface area contributed by atoms with Crippen LogP contribution in [0.1, 0.15) is 23.2 Å². The first-order valence-corrected chi connectivity index (χ1v) is 8.74. The van der Waals surface area contributed by atoms with E-state index in [4.69, 9.17) is 0 Å². The molecule has 0 spiro atoms. The second-order valence-corrected chi connectivity index (χ2v) is 6.55. The van der Waals surface area contributed by atoms with Crippen molar-refractivity contribution >= 4 is 17.7 Å². The molecule has 0 bridgehead atoms. The fraction of sp³-hybridized carbons (Fsp3) is 0.500. The highest BCUT2D eigenvalue weighted by atomic mass is 16.2. The van der Waals surface area contributed by atoms with Crippen molar-refractivity contribution in [3.63, 3.8) is 0 Å². The molecule has 1 aromatic rings. The fourth-order valence-corrected chi connectivity index (χ4v) is 2.82. The summed E-state index contributed by atoms with van der Waals surface area (Å²) in [5, 5.41) is 5.63. The van der Waals surface area contributed by atoms with Gasteiger partial charge in [0.15, 0.2) is 0 Å². The lowest BCUT2D eigenvalue weighted by Crippen LogP contribution is -2.53. The molecule has 1 saturated heterocycles. The molecule has 25 heavy (non-hydrogen) atoms. The van der Waals surface area contributed by atoms with E-state index in [1.54, 1.807) is 29.2 Å². The third kappa shape index (κ3) is 5.29. The van der Waals surface area contributed by atoms with Crippen molar-refractivity contribution in [1.29, 1.82) is 0 Å². The molecule has 2 fully saturated rings. The first-order valence-electron chi connectivity index (χ1n) is 8.74. The number of carbonyl (C=O) groups is 3. The largest absolute Gasteiger partial charge is 0.352 e. The number of rotatable bonds is 6. The summed E-state index contributed by atoms with van der Waals surface area (Å²) >= 11 is 0. The van der Waals surface area contributed by atoms with E-state index in [9.17, 15) is 14.4 Å². The maximum Gasteiger partial charge on any atom is 0.251 e. The first kappa shape index (κ1) is 17.4. The molecule has 7 heteroatoms. The number of hydrogen-bond donors (Lipinski definition) is 2. The predicted molar refractivity (Wildman–Crippen MR) is 93.0 cm³/mol. The number of nitrogens with zero attached hydrogens (tertiary/aromatic N) is 2. The minimum atomic E-state index is -0.246. The SMILES string of the molecule is O=C(CN1CCN(C(=O)CNC(=O)c2ccccc2)CC1)NC1CC1. The Labute approximate surface area is 147 Å². The summed E-state index contributed by atoms with van der Waals surface area (Å²) < 4.78 is 0. The Morgan fingerprint density at radius 1 is 1.00 bits per heavy atom. The van der Waals surface area contributed by atoms with Crippen LogP contribution in [-0.2, 0) is 9.59 Å². The second-order valence-electron chi connectivity index (χ2n) is 6.55. The van der Waals surface area contributed by atoms with E-state index in [0.29, 0.717) is 44.3 Å². The van der Waals surface area contributed by atoms with E-state index in [1.165, 1.54) is 0 Å². The van der Waals surface area contributed by atoms with Crippen molar-refractivity contribution in [2.45, 2.75) is 18.9 Å². The maximum absolute atomic E-state index is 12.2. The Morgan fingerprint density at radius 2 is 1.68 bits per heavy atom. The predicted octanol–water partition coefficient (Wildman–Crippen LogP) is -0.161. The summed E-state index contributed by atoms with van der Waals surface area (Å²) in [5.74, 6) is -0.270. The van der Waals surface area contributed by atoms with Gasteiger partial charge in [0.05, 0.1) is 13.1 Å². The third-order valence-electron chi connectivity index (χ3n) is 4.47. The van der Waals surface area contributed by atoms with Gasteiger partial charge >= 0.3 is 0 Å². The number of hydrogen-bond acceptors (Lipinski definition) is 4. The Balaban J connectivity index is 1.36. The van der Waals surface area contributed by atoms with Gasteiger partial charge in [-0.2, -0.15) is 0 Å². The molecular formula is C18H24N4O3. The molecule has 2 aliphatic rings. The standard InChI is InChI=1S/C18H24N4O3/c23-16(20-15-6-7-15)13-21-8-10-22(11-9-21)17(24)12-19-18(25)14-4-2-1-3-5-14/h1-5,15H,6-13H2,(H,19,25)(H,20,23). The topological polar surface area (TPSA) is 81.8 Å². The second kappa shape index (κ2) is 8.11. The number of carbonyl (C=O) groups excluding carboxylic acids is 3. The number of piperazine rings is 1. The normalized spacial score (nSPS) is 17.8. The van der Waals surface area contributed by atoms with Crippen molar-refractivity contribution in [1.82, 2.24) is 20.4 Å². The monoisotopic (exact) mass is 344 g/mol. The van der Waals surface area contributed by atoms with Crippen LogP contribution in [0.25, 0.3) is 0 Å². The van der Waals surface area contributed by atoms with Gasteiger partial charge in [0, 0.05) is 37.8 Å². The highest BCUT2D eigenvalue weighted by molar-refractivity contribution is 5.96.